The molecule has 0 aliphatic carbocycles. The van der Waals surface area contributed by atoms with Crippen LogP contribution in [0.15, 0.2) is 40.1 Å². The van der Waals surface area contributed by atoms with Crippen LogP contribution in [0.5, 0.6) is 0 Å². The molecule has 8 heteroatoms. The summed E-state index contributed by atoms with van der Waals surface area (Å²) in [6.07, 6.45) is 1.12. The van der Waals surface area contributed by atoms with Crippen molar-refractivity contribution in [3.63, 3.8) is 0 Å². The molecule has 0 bridgehead atoms. The van der Waals surface area contributed by atoms with Crippen LogP contribution in [-0.4, -0.2) is 29.9 Å². The minimum absolute atomic E-state index is 0.0155. The number of thiazole rings is 1. The lowest BCUT2D eigenvalue weighted by molar-refractivity contribution is 0.600. The van der Waals surface area contributed by atoms with Crippen LogP contribution in [0.4, 0.5) is 0 Å². The zero-order valence-corrected chi connectivity index (χ0v) is 12.8. The molecule has 0 amide bonds. The first-order valence-corrected chi connectivity index (χ1v) is 9.18. The largest absolute Gasteiger partial charge is 0.233 e. The molecule has 0 radical (unpaired) electrons. The Balaban J connectivity index is 1.97. The monoisotopic (exact) mass is 323 g/mol. The summed E-state index contributed by atoms with van der Waals surface area (Å²) in [4.78, 5) is 4.48. The first-order chi connectivity index (χ1) is 9.54. The van der Waals surface area contributed by atoms with Crippen molar-refractivity contribution in [1.82, 2.24) is 15.2 Å². The van der Waals surface area contributed by atoms with E-state index in [1.54, 1.807) is 0 Å². The first-order valence-electron chi connectivity index (χ1n) is 5.59. The fourth-order valence-corrected chi connectivity index (χ4v) is 4.00. The summed E-state index contributed by atoms with van der Waals surface area (Å²) < 4.78 is 22.8. The maximum Gasteiger partial charge on any atom is 0.232 e. The van der Waals surface area contributed by atoms with Crippen molar-refractivity contribution in [2.75, 3.05) is 6.26 Å². The van der Waals surface area contributed by atoms with Crippen molar-refractivity contribution >= 4 is 32.5 Å². The number of rotatable bonds is 3. The SMILES string of the molecule is CS(=O)(=O)c1nnc(-c2csc(-c3ccccc3)n2)s1. The van der Waals surface area contributed by atoms with Crippen LogP contribution < -0.4 is 0 Å². The van der Waals surface area contributed by atoms with Crippen LogP contribution in [0.25, 0.3) is 21.3 Å². The highest BCUT2D eigenvalue weighted by Crippen LogP contribution is 2.31. The van der Waals surface area contributed by atoms with Gasteiger partial charge in [-0.25, -0.2) is 13.4 Å². The molecule has 2 heterocycles. The number of benzene rings is 1. The zero-order chi connectivity index (χ0) is 14.2. The molecular formula is C12H9N3O2S3. The summed E-state index contributed by atoms with van der Waals surface area (Å²) in [5.74, 6) is 0. The number of hydrogen-bond donors (Lipinski definition) is 0. The standard InChI is InChI=1S/C12H9N3O2S3/c1-20(16,17)12-15-14-11(19-12)9-7-18-10(13-9)8-5-3-2-4-6-8/h2-7H,1H3. The van der Waals surface area contributed by atoms with E-state index in [1.165, 1.54) is 11.3 Å². The van der Waals surface area contributed by atoms with Crippen LogP contribution in [0.2, 0.25) is 0 Å². The summed E-state index contributed by atoms with van der Waals surface area (Å²) in [5.41, 5.74) is 1.68. The van der Waals surface area contributed by atoms with Gasteiger partial charge in [0, 0.05) is 17.2 Å². The molecule has 5 nitrogen and oxygen atoms in total. The second kappa shape index (κ2) is 5.04. The molecule has 3 aromatic rings. The molecule has 0 saturated carbocycles. The molecule has 20 heavy (non-hydrogen) atoms. The molecule has 0 aliphatic rings. The third-order valence-corrected chi connectivity index (χ3v) is 5.97. The predicted octanol–water partition coefficient (Wildman–Crippen LogP) is 2.73. The highest BCUT2D eigenvalue weighted by Gasteiger charge is 2.17. The van der Waals surface area contributed by atoms with Crippen molar-refractivity contribution in [3.05, 3.63) is 35.7 Å². The predicted molar refractivity (Wildman–Crippen MR) is 79.6 cm³/mol. The molecule has 3 rings (SSSR count). The molecule has 1 aromatic carbocycles. The molecule has 0 N–H and O–H groups in total. The summed E-state index contributed by atoms with van der Waals surface area (Å²) in [6, 6.07) is 9.79. The Morgan fingerprint density at radius 2 is 1.80 bits per heavy atom. The normalized spacial score (nSPS) is 11.7. The summed E-state index contributed by atoms with van der Waals surface area (Å²) in [5, 5.41) is 10.8. The summed E-state index contributed by atoms with van der Waals surface area (Å²) in [7, 11) is -3.31. The van der Waals surface area contributed by atoms with Gasteiger partial charge < -0.3 is 0 Å². The fraction of sp³-hybridized carbons (Fsp3) is 0.0833. The van der Waals surface area contributed by atoms with Crippen LogP contribution in [0.3, 0.4) is 0 Å². The lowest BCUT2D eigenvalue weighted by atomic mass is 10.2. The third kappa shape index (κ3) is 2.62. The number of nitrogens with zero attached hydrogens (tertiary/aromatic N) is 3. The van der Waals surface area contributed by atoms with Gasteiger partial charge in [-0.15, -0.1) is 21.5 Å². The Kier molecular flexibility index (Phi) is 3.36. The Morgan fingerprint density at radius 3 is 2.45 bits per heavy atom. The van der Waals surface area contributed by atoms with Crippen molar-refractivity contribution in [1.29, 1.82) is 0 Å². The second-order valence-corrected chi connectivity index (χ2v) is 8.07. The van der Waals surface area contributed by atoms with E-state index in [-0.39, 0.29) is 4.34 Å². The van der Waals surface area contributed by atoms with Gasteiger partial charge in [-0.2, -0.15) is 0 Å². The maximum absolute atomic E-state index is 11.4. The molecule has 2 aromatic heterocycles. The highest BCUT2D eigenvalue weighted by atomic mass is 32.2. The molecule has 0 unspecified atom stereocenters. The average Bonchev–Trinajstić information content (AvgIpc) is 3.08. The van der Waals surface area contributed by atoms with Gasteiger partial charge in [-0.3, -0.25) is 0 Å². The Bertz CT molecular complexity index is 838. The molecule has 102 valence electrons. The van der Waals surface area contributed by atoms with Gasteiger partial charge in [0.2, 0.25) is 14.2 Å². The van der Waals surface area contributed by atoms with Crippen LogP contribution in [-0.2, 0) is 9.84 Å². The number of hydrogen-bond acceptors (Lipinski definition) is 7. The Hall–Kier alpha value is -1.64. The fourth-order valence-electron chi connectivity index (χ4n) is 1.55. The molecular weight excluding hydrogens is 314 g/mol. The minimum Gasteiger partial charge on any atom is -0.233 e. The lowest BCUT2D eigenvalue weighted by Crippen LogP contribution is -1.95. The van der Waals surface area contributed by atoms with Crippen LogP contribution in [0, 0.1) is 0 Å². The third-order valence-electron chi connectivity index (χ3n) is 2.47. The topological polar surface area (TPSA) is 72.8 Å². The van der Waals surface area contributed by atoms with Gasteiger partial charge >= 0.3 is 0 Å². The first kappa shape index (κ1) is 13.3. The minimum atomic E-state index is -3.31. The summed E-state index contributed by atoms with van der Waals surface area (Å²) >= 11 is 2.53. The van der Waals surface area contributed by atoms with E-state index >= 15 is 0 Å². The smallest absolute Gasteiger partial charge is 0.232 e. The van der Waals surface area contributed by atoms with Crippen LogP contribution in [0.1, 0.15) is 0 Å². The molecule has 0 spiro atoms. The molecule has 0 atom stereocenters. The van der Waals surface area contributed by atoms with Gasteiger partial charge in [0.25, 0.3) is 0 Å². The average molecular weight is 323 g/mol. The Labute approximate surface area is 123 Å². The number of aromatic nitrogens is 3. The van der Waals surface area contributed by atoms with E-state index in [0.717, 1.165) is 28.2 Å². The van der Waals surface area contributed by atoms with E-state index in [4.69, 9.17) is 0 Å². The van der Waals surface area contributed by atoms with Crippen molar-refractivity contribution in [2.45, 2.75) is 4.34 Å². The second-order valence-electron chi connectivity index (χ2n) is 4.05. The quantitative estimate of drug-likeness (QED) is 0.741. The Morgan fingerprint density at radius 1 is 1.05 bits per heavy atom. The highest BCUT2D eigenvalue weighted by molar-refractivity contribution is 7.92. The van der Waals surface area contributed by atoms with Crippen molar-refractivity contribution in [3.8, 4) is 21.3 Å². The van der Waals surface area contributed by atoms with Gasteiger partial charge in [-0.05, 0) is 0 Å². The van der Waals surface area contributed by atoms with E-state index < -0.39 is 9.84 Å². The van der Waals surface area contributed by atoms with Gasteiger partial charge in [0.05, 0.1) is 0 Å². The van der Waals surface area contributed by atoms with Crippen molar-refractivity contribution < 1.29 is 8.42 Å². The maximum atomic E-state index is 11.4. The van der Waals surface area contributed by atoms with E-state index in [1.807, 2.05) is 35.7 Å². The lowest BCUT2D eigenvalue weighted by Gasteiger charge is -1.93. The van der Waals surface area contributed by atoms with Crippen LogP contribution >= 0.6 is 22.7 Å². The van der Waals surface area contributed by atoms with Gasteiger partial charge in [0.15, 0.2) is 5.01 Å². The zero-order valence-electron chi connectivity index (χ0n) is 10.3. The van der Waals surface area contributed by atoms with Crippen molar-refractivity contribution in [2.24, 2.45) is 0 Å². The van der Waals surface area contributed by atoms with Gasteiger partial charge in [0.1, 0.15) is 10.7 Å². The molecule has 0 fully saturated rings. The summed E-state index contributed by atoms with van der Waals surface area (Å²) in [6.45, 7) is 0. The van der Waals surface area contributed by atoms with Gasteiger partial charge in [-0.1, -0.05) is 41.7 Å². The van der Waals surface area contributed by atoms with E-state index in [9.17, 15) is 8.42 Å². The molecule has 0 aliphatic heterocycles. The van der Waals surface area contributed by atoms with E-state index in [2.05, 4.69) is 15.2 Å². The van der Waals surface area contributed by atoms with E-state index in [0.29, 0.717) is 10.7 Å². The number of sulfone groups is 1. The molecule has 0 saturated heterocycles.